The molecule has 1 N–H and O–H groups in total. The SMILES string of the molecule is COC(=O)c1ccccc1CC1CCNC1. The summed E-state index contributed by atoms with van der Waals surface area (Å²) >= 11 is 0. The first-order valence-corrected chi connectivity index (χ1v) is 5.68. The fourth-order valence-corrected chi connectivity index (χ4v) is 2.21. The van der Waals surface area contributed by atoms with Crippen LogP contribution in [0.2, 0.25) is 0 Å². The van der Waals surface area contributed by atoms with E-state index in [1.165, 1.54) is 13.5 Å². The zero-order chi connectivity index (χ0) is 11.4. The molecule has 0 aromatic heterocycles. The molecular formula is C13H17NO2. The Morgan fingerprint density at radius 2 is 2.31 bits per heavy atom. The molecule has 0 bridgehead atoms. The van der Waals surface area contributed by atoms with Gasteiger partial charge in [-0.2, -0.15) is 0 Å². The maximum atomic E-state index is 11.6. The van der Waals surface area contributed by atoms with Crippen LogP contribution in [0.1, 0.15) is 22.3 Å². The summed E-state index contributed by atoms with van der Waals surface area (Å²) in [7, 11) is 1.43. The molecule has 1 saturated heterocycles. The minimum atomic E-state index is -0.235. The molecule has 1 heterocycles. The predicted octanol–water partition coefficient (Wildman–Crippen LogP) is 1.63. The number of methoxy groups -OCH3 is 1. The first-order chi connectivity index (χ1) is 7.81. The molecule has 1 aliphatic rings. The number of hydrogen-bond acceptors (Lipinski definition) is 3. The van der Waals surface area contributed by atoms with Gasteiger partial charge in [0.25, 0.3) is 0 Å². The second-order valence-electron chi connectivity index (χ2n) is 4.21. The summed E-state index contributed by atoms with van der Waals surface area (Å²) in [6, 6.07) is 7.71. The van der Waals surface area contributed by atoms with Crippen LogP contribution in [0, 0.1) is 5.92 Å². The Morgan fingerprint density at radius 3 is 3.00 bits per heavy atom. The molecule has 0 aliphatic carbocycles. The van der Waals surface area contributed by atoms with Gasteiger partial charge in [0.15, 0.2) is 0 Å². The number of benzene rings is 1. The standard InChI is InChI=1S/C13H17NO2/c1-16-13(15)12-5-3-2-4-11(12)8-10-6-7-14-9-10/h2-5,10,14H,6-9H2,1H3. The van der Waals surface area contributed by atoms with Crippen LogP contribution in [0.4, 0.5) is 0 Å². The Bertz CT molecular complexity index is 370. The van der Waals surface area contributed by atoms with E-state index in [1.54, 1.807) is 0 Å². The maximum absolute atomic E-state index is 11.6. The van der Waals surface area contributed by atoms with Crippen molar-refractivity contribution in [3.05, 3.63) is 35.4 Å². The van der Waals surface area contributed by atoms with Gasteiger partial charge in [-0.1, -0.05) is 18.2 Å². The second kappa shape index (κ2) is 5.12. The summed E-state index contributed by atoms with van der Waals surface area (Å²) in [5.41, 5.74) is 1.81. The van der Waals surface area contributed by atoms with Crippen molar-refractivity contribution in [2.45, 2.75) is 12.8 Å². The number of ether oxygens (including phenoxy) is 1. The van der Waals surface area contributed by atoms with Crippen LogP contribution >= 0.6 is 0 Å². The van der Waals surface area contributed by atoms with Gasteiger partial charge in [-0.3, -0.25) is 0 Å². The molecule has 3 nitrogen and oxygen atoms in total. The summed E-state index contributed by atoms with van der Waals surface area (Å²) in [5.74, 6) is 0.410. The summed E-state index contributed by atoms with van der Waals surface area (Å²) in [6.07, 6.45) is 2.15. The first-order valence-electron chi connectivity index (χ1n) is 5.68. The third kappa shape index (κ3) is 2.42. The van der Waals surface area contributed by atoms with Gasteiger partial charge < -0.3 is 10.1 Å². The van der Waals surface area contributed by atoms with Gasteiger partial charge in [0.2, 0.25) is 0 Å². The van der Waals surface area contributed by atoms with E-state index >= 15 is 0 Å². The molecule has 1 fully saturated rings. The van der Waals surface area contributed by atoms with Crippen LogP contribution in [-0.2, 0) is 11.2 Å². The molecule has 0 spiro atoms. The van der Waals surface area contributed by atoms with Gasteiger partial charge in [0.1, 0.15) is 0 Å². The van der Waals surface area contributed by atoms with Crippen LogP contribution in [-0.4, -0.2) is 26.2 Å². The Kier molecular flexibility index (Phi) is 3.57. The zero-order valence-corrected chi connectivity index (χ0v) is 9.53. The van der Waals surface area contributed by atoms with Crippen molar-refractivity contribution >= 4 is 5.97 Å². The molecule has 1 aromatic rings. The van der Waals surface area contributed by atoms with Crippen molar-refractivity contribution < 1.29 is 9.53 Å². The monoisotopic (exact) mass is 219 g/mol. The highest BCUT2D eigenvalue weighted by atomic mass is 16.5. The highest BCUT2D eigenvalue weighted by molar-refractivity contribution is 5.90. The molecule has 1 unspecified atom stereocenters. The third-order valence-corrected chi connectivity index (χ3v) is 3.09. The number of carbonyl (C=O) groups excluding carboxylic acids is 1. The normalized spacial score (nSPS) is 19.7. The lowest BCUT2D eigenvalue weighted by Crippen LogP contribution is -2.13. The van der Waals surface area contributed by atoms with E-state index in [0.717, 1.165) is 25.1 Å². The molecule has 2 rings (SSSR count). The minimum absolute atomic E-state index is 0.235. The van der Waals surface area contributed by atoms with Gasteiger partial charge in [-0.25, -0.2) is 4.79 Å². The average Bonchev–Trinajstić information content (AvgIpc) is 2.82. The molecule has 3 heteroatoms. The van der Waals surface area contributed by atoms with Crippen molar-refractivity contribution in [2.24, 2.45) is 5.92 Å². The molecule has 0 radical (unpaired) electrons. The lowest BCUT2D eigenvalue weighted by atomic mass is 9.95. The van der Waals surface area contributed by atoms with Crippen molar-refractivity contribution in [1.29, 1.82) is 0 Å². The number of esters is 1. The lowest BCUT2D eigenvalue weighted by molar-refractivity contribution is 0.0599. The molecule has 16 heavy (non-hydrogen) atoms. The number of hydrogen-bond donors (Lipinski definition) is 1. The Labute approximate surface area is 95.8 Å². The van der Waals surface area contributed by atoms with Gasteiger partial charge >= 0.3 is 5.97 Å². The fraction of sp³-hybridized carbons (Fsp3) is 0.462. The molecule has 1 aliphatic heterocycles. The predicted molar refractivity (Wildman–Crippen MR) is 62.5 cm³/mol. The number of rotatable bonds is 3. The number of nitrogens with one attached hydrogen (secondary N) is 1. The lowest BCUT2D eigenvalue weighted by Gasteiger charge is -2.11. The maximum Gasteiger partial charge on any atom is 0.338 e. The fourth-order valence-electron chi connectivity index (χ4n) is 2.21. The number of carbonyl (C=O) groups is 1. The summed E-state index contributed by atoms with van der Waals surface area (Å²) < 4.78 is 4.79. The molecule has 0 amide bonds. The Balaban J connectivity index is 2.15. The summed E-state index contributed by atoms with van der Waals surface area (Å²) in [6.45, 7) is 2.14. The van der Waals surface area contributed by atoms with Crippen LogP contribution in [0.25, 0.3) is 0 Å². The third-order valence-electron chi connectivity index (χ3n) is 3.09. The van der Waals surface area contributed by atoms with E-state index in [1.807, 2.05) is 24.3 Å². The van der Waals surface area contributed by atoms with Gasteiger partial charge in [-0.05, 0) is 43.5 Å². The molecule has 0 saturated carbocycles. The van der Waals surface area contributed by atoms with Crippen LogP contribution in [0.3, 0.4) is 0 Å². The topological polar surface area (TPSA) is 38.3 Å². The average molecular weight is 219 g/mol. The highest BCUT2D eigenvalue weighted by Crippen LogP contribution is 2.18. The second-order valence-corrected chi connectivity index (χ2v) is 4.21. The van der Waals surface area contributed by atoms with E-state index in [2.05, 4.69) is 5.32 Å². The Hall–Kier alpha value is -1.35. The van der Waals surface area contributed by atoms with Crippen molar-refractivity contribution in [2.75, 3.05) is 20.2 Å². The largest absolute Gasteiger partial charge is 0.465 e. The summed E-state index contributed by atoms with van der Waals surface area (Å²) in [4.78, 5) is 11.6. The van der Waals surface area contributed by atoms with Crippen molar-refractivity contribution in [1.82, 2.24) is 5.32 Å². The molecular weight excluding hydrogens is 202 g/mol. The van der Waals surface area contributed by atoms with E-state index in [4.69, 9.17) is 4.74 Å². The molecule has 86 valence electrons. The zero-order valence-electron chi connectivity index (χ0n) is 9.53. The van der Waals surface area contributed by atoms with Crippen molar-refractivity contribution in [3.63, 3.8) is 0 Å². The summed E-state index contributed by atoms with van der Waals surface area (Å²) in [5, 5.41) is 3.34. The van der Waals surface area contributed by atoms with E-state index in [-0.39, 0.29) is 5.97 Å². The van der Waals surface area contributed by atoms with E-state index < -0.39 is 0 Å². The van der Waals surface area contributed by atoms with Gasteiger partial charge in [0.05, 0.1) is 12.7 Å². The van der Waals surface area contributed by atoms with Crippen LogP contribution in [0.15, 0.2) is 24.3 Å². The first kappa shape index (κ1) is 11.1. The minimum Gasteiger partial charge on any atom is -0.465 e. The van der Waals surface area contributed by atoms with Gasteiger partial charge in [-0.15, -0.1) is 0 Å². The van der Waals surface area contributed by atoms with E-state index in [0.29, 0.717) is 11.5 Å². The van der Waals surface area contributed by atoms with Crippen LogP contribution in [0.5, 0.6) is 0 Å². The Morgan fingerprint density at radius 1 is 1.50 bits per heavy atom. The van der Waals surface area contributed by atoms with Crippen LogP contribution < -0.4 is 5.32 Å². The van der Waals surface area contributed by atoms with E-state index in [9.17, 15) is 4.79 Å². The quantitative estimate of drug-likeness (QED) is 0.785. The molecule has 1 aromatic carbocycles. The smallest absolute Gasteiger partial charge is 0.338 e. The molecule has 1 atom stereocenters. The highest BCUT2D eigenvalue weighted by Gasteiger charge is 2.18. The van der Waals surface area contributed by atoms with Gasteiger partial charge in [0, 0.05) is 0 Å². The van der Waals surface area contributed by atoms with Crippen molar-refractivity contribution in [3.8, 4) is 0 Å².